The van der Waals surface area contributed by atoms with Crippen LogP contribution < -0.4 is 5.32 Å². The normalized spacial score (nSPS) is 14.3. The molecule has 1 amide bonds. The molecule has 0 fully saturated rings. The van der Waals surface area contributed by atoms with Crippen LogP contribution in [0.5, 0.6) is 0 Å². The molecular weight excluding hydrogens is 272 g/mol. The average molecular weight is 290 g/mol. The van der Waals surface area contributed by atoms with Crippen molar-refractivity contribution in [3.05, 3.63) is 22.3 Å². The SMILES string of the molecule is CC(C)(C)NC(=O)c1cn[nH]c1-c1nc2c(s1)CCC2. The van der Waals surface area contributed by atoms with E-state index in [0.717, 1.165) is 23.5 Å². The fraction of sp³-hybridized carbons (Fsp3) is 0.500. The first-order valence-electron chi connectivity index (χ1n) is 6.79. The third-order valence-electron chi connectivity index (χ3n) is 3.18. The summed E-state index contributed by atoms with van der Waals surface area (Å²) in [5.74, 6) is -0.114. The minimum absolute atomic E-state index is 0.114. The molecule has 3 rings (SSSR count). The quantitative estimate of drug-likeness (QED) is 0.893. The van der Waals surface area contributed by atoms with Gasteiger partial charge in [-0.15, -0.1) is 11.3 Å². The number of hydrogen-bond donors (Lipinski definition) is 2. The van der Waals surface area contributed by atoms with Crippen LogP contribution in [0.1, 0.15) is 48.1 Å². The van der Waals surface area contributed by atoms with Crippen LogP contribution in [0.3, 0.4) is 0 Å². The molecule has 0 bridgehead atoms. The predicted octanol–water partition coefficient (Wildman–Crippen LogP) is 2.55. The predicted molar refractivity (Wildman–Crippen MR) is 78.9 cm³/mol. The molecule has 2 N–H and O–H groups in total. The third kappa shape index (κ3) is 2.47. The van der Waals surface area contributed by atoms with Crippen LogP contribution in [-0.4, -0.2) is 26.6 Å². The zero-order chi connectivity index (χ0) is 14.3. The molecule has 6 heteroatoms. The van der Waals surface area contributed by atoms with Crippen LogP contribution in [0.15, 0.2) is 6.20 Å². The number of carbonyl (C=O) groups excluding carboxylic acids is 1. The van der Waals surface area contributed by atoms with E-state index < -0.39 is 0 Å². The van der Waals surface area contributed by atoms with Gasteiger partial charge in [-0.25, -0.2) is 4.98 Å². The number of aryl methyl sites for hydroxylation is 2. The topological polar surface area (TPSA) is 70.7 Å². The highest BCUT2D eigenvalue weighted by Crippen LogP contribution is 2.33. The maximum atomic E-state index is 12.3. The van der Waals surface area contributed by atoms with E-state index in [2.05, 4.69) is 20.5 Å². The molecule has 0 atom stereocenters. The number of amides is 1. The maximum Gasteiger partial charge on any atom is 0.255 e. The zero-order valence-electron chi connectivity index (χ0n) is 11.9. The summed E-state index contributed by atoms with van der Waals surface area (Å²) >= 11 is 1.67. The summed E-state index contributed by atoms with van der Waals surface area (Å²) in [5.41, 5.74) is 2.20. The molecule has 2 aromatic heterocycles. The fourth-order valence-electron chi connectivity index (χ4n) is 2.33. The zero-order valence-corrected chi connectivity index (χ0v) is 12.7. The minimum atomic E-state index is -0.268. The summed E-state index contributed by atoms with van der Waals surface area (Å²) in [6, 6.07) is 0. The van der Waals surface area contributed by atoms with Crippen LogP contribution in [0, 0.1) is 0 Å². The highest BCUT2D eigenvalue weighted by Gasteiger charge is 2.24. The van der Waals surface area contributed by atoms with Crippen molar-refractivity contribution in [2.75, 3.05) is 0 Å². The van der Waals surface area contributed by atoms with Crippen molar-refractivity contribution in [3.8, 4) is 10.7 Å². The number of nitrogens with one attached hydrogen (secondary N) is 2. The molecule has 1 aliphatic carbocycles. The van der Waals surface area contributed by atoms with E-state index in [1.54, 1.807) is 17.5 Å². The monoisotopic (exact) mass is 290 g/mol. The minimum Gasteiger partial charge on any atom is -0.347 e. The molecule has 0 aliphatic heterocycles. The van der Waals surface area contributed by atoms with E-state index in [9.17, 15) is 4.79 Å². The van der Waals surface area contributed by atoms with Gasteiger partial charge in [0, 0.05) is 10.4 Å². The van der Waals surface area contributed by atoms with Crippen LogP contribution in [0.4, 0.5) is 0 Å². The van der Waals surface area contributed by atoms with Gasteiger partial charge in [0.25, 0.3) is 5.91 Å². The largest absolute Gasteiger partial charge is 0.347 e. The number of thiazole rings is 1. The van der Waals surface area contributed by atoms with Crippen molar-refractivity contribution in [1.29, 1.82) is 0 Å². The van der Waals surface area contributed by atoms with E-state index in [-0.39, 0.29) is 11.4 Å². The Kier molecular flexibility index (Phi) is 3.12. The second-order valence-electron chi connectivity index (χ2n) is 6.11. The molecule has 5 nitrogen and oxygen atoms in total. The Morgan fingerprint density at radius 3 is 2.90 bits per heavy atom. The molecule has 0 saturated heterocycles. The summed E-state index contributed by atoms with van der Waals surface area (Å²) in [7, 11) is 0. The number of fused-ring (bicyclic) bond motifs is 1. The summed E-state index contributed by atoms with van der Waals surface area (Å²) < 4.78 is 0. The molecule has 20 heavy (non-hydrogen) atoms. The highest BCUT2D eigenvalue weighted by atomic mass is 32.1. The molecule has 0 aromatic carbocycles. The molecule has 2 aromatic rings. The van der Waals surface area contributed by atoms with E-state index in [1.165, 1.54) is 17.0 Å². The average Bonchev–Trinajstić information content (AvgIpc) is 3.00. The first-order valence-corrected chi connectivity index (χ1v) is 7.60. The Balaban J connectivity index is 1.91. The van der Waals surface area contributed by atoms with E-state index in [1.807, 2.05) is 20.8 Å². The van der Waals surface area contributed by atoms with Gasteiger partial charge in [0.1, 0.15) is 10.7 Å². The maximum absolute atomic E-state index is 12.3. The van der Waals surface area contributed by atoms with Crippen molar-refractivity contribution in [3.63, 3.8) is 0 Å². The lowest BCUT2D eigenvalue weighted by Crippen LogP contribution is -2.40. The molecule has 0 saturated carbocycles. The van der Waals surface area contributed by atoms with E-state index >= 15 is 0 Å². The van der Waals surface area contributed by atoms with Gasteiger partial charge in [-0.1, -0.05) is 0 Å². The van der Waals surface area contributed by atoms with Crippen molar-refractivity contribution in [2.24, 2.45) is 0 Å². The van der Waals surface area contributed by atoms with Gasteiger partial charge in [-0.2, -0.15) is 5.10 Å². The summed E-state index contributed by atoms with van der Waals surface area (Å²) in [6.07, 6.45) is 4.91. The first kappa shape index (κ1) is 13.3. The molecule has 2 heterocycles. The number of nitrogens with zero attached hydrogens (tertiary/aromatic N) is 2. The van der Waals surface area contributed by atoms with Gasteiger partial charge in [0.05, 0.1) is 17.5 Å². The van der Waals surface area contributed by atoms with Gasteiger partial charge >= 0.3 is 0 Å². The molecule has 0 unspecified atom stereocenters. The van der Waals surface area contributed by atoms with Gasteiger partial charge in [0.2, 0.25) is 0 Å². The second-order valence-corrected chi connectivity index (χ2v) is 7.19. The smallest absolute Gasteiger partial charge is 0.255 e. The fourth-order valence-corrected chi connectivity index (χ4v) is 3.49. The highest BCUT2D eigenvalue weighted by molar-refractivity contribution is 7.15. The van der Waals surface area contributed by atoms with Crippen LogP contribution >= 0.6 is 11.3 Å². The van der Waals surface area contributed by atoms with Crippen LogP contribution in [-0.2, 0) is 12.8 Å². The van der Waals surface area contributed by atoms with Gasteiger partial charge in [-0.3, -0.25) is 9.89 Å². The summed E-state index contributed by atoms with van der Waals surface area (Å²) in [4.78, 5) is 18.3. The lowest BCUT2D eigenvalue weighted by atomic mass is 10.1. The van der Waals surface area contributed by atoms with Gasteiger partial charge in [0.15, 0.2) is 0 Å². The summed E-state index contributed by atoms with van der Waals surface area (Å²) in [6.45, 7) is 5.88. The Morgan fingerprint density at radius 2 is 2.20 bits per heavy atom. The lowest BCUT2D eigenvalue weighted by molar-refractivity contribution is 0.0920. The Labute approximate surface area is 121 Å². The molecule has 106 valence electrons. The first-order chi connectivity index (χ1) is 9.44. The molecular formula is C14H18N4OS. The number of H-pyrrole nitrogens is 1. The van der Waals surface area contributed by atoms with Gasteiger partial charge < -0.3 is 5.32 Å². The number of rotatable bonds is 2. The van der Waals surface area contributed by atoms with Crippen LogP contribution in [0.2, 0.25) is 0 Å². The number of aromatic nitrogens is 3. The lowest BCUT2D eigenvalue weighted by Gasteiger charge is -2.20. The third-order valence-corrected chi connectivity index (χ3v) is 4.36. The standard InChI is InChI=1S/C14H18N4OS/c1-14(2,3)17-12(19)8-7-15-18-11(8)13-16-9-5-4-6-10(9)20-13/h7H,4-6H2,1-3H3,(H,15,18)(H,17,19). The van der Waals surface area contributed by atoms with E-state index in [4.69, 9.17) is 0 Å². The molecule has 0 radical (unpaired) electrons. The second kappa shape index (κ2) is 4.70. The Bertz CT molecular complexity index is 629. The molecule has 1 aliphatic rings. The number of aromatic amines is 1. The van der Waals surface area contributed by atoms with Crippen molar-refractivity contribution < 1.29 is 4.79 Å². The van der Waals surface area contributed by atoms with Gasteiger partial charge in [-0.05, 0) is 40.0 Å². The summed E-state index contributed by atoms with van der Waals surface area (Å²) in [5, 5.41) is 10.8. The molecule has 0 spiro atoms. The Hall–Kier alpha value is -1.69. The Morgan fingerprint density at radius 1 is 1.40 bits per heavy atom. The van der Waals surface area contributed by atoms with Crippen molar-refractivity contribution in [2.45, 2.75) is 45.6 Å². The van der Waals surface area contributed by atoms with Crippen LogP contribution in [0.25, 0.3) is 10.7 Å². The number of hydrogen-bond acceptors (Lipinski definition) is 4. The van der Waals surface area contributed by atoms with E-state index in [0.29, 0.717) is 5.56 Å². The van der Waals surface area contributed by atoms with Crippen molar-refractivity contribution in [1.82, 2.24) is 20.5 Å². The number of carbonyl (C=O) groups is 1. The van der Waals surface area contributed by atoms with Crippen molar-refractivity contribution >= 4 is 17.2 Å².